The van der Waals surface area contributed by atoms with Crippen molar-refractivity contribution in [1.82, 2.24) is 14.8 Å². The molecule has 3 rings (SSSR count). The number of carbonyl (C=O) groups is 2. The zero-order valence-corrected chi connectivity index (χ0v) is 18.5. The molecular weight excluding hydrogens is 447 g/mol. The summed E-state index contributed by atoms with van der Waals surface area (Å²) >= 11 is 13.3. The summed E-state index contributed by atoms with van der Waals surface area (Å²) in [6, 6.07) is 11.7. The van der Waals surface area contributed by atoms with Gasteiger partial charge in [0, 0.05) is 29.4 Å². The smallest absolute Gasteiger partial charge is 0.234 e. The van der Waals surface area contributed by atoms with Crippen molar-refractivity contribution in [2.24, 2.45) is 7.05 Å². The van der Waals surface area contributed by atoms with Gasteiger partial charge in [-0.25, -0.2) is 0 Å². The second-order valence-corrected chi connectivity index (χ2v) is 8.08. The van der Waals surface area contributed by atoms with Gasteiger partial charge in [-0.15, -0.1) is 10.2 Å². The quantitative estimate of drug-likeness (QED) is 0.386. The van der Waals surface area contributed by atoms with Crippen molar-refractivity contribution in [1.29, 1.82) is 0 Å². The van der Waals surface area contributed by atoms with Crippen molar-refractivity contribution < 1.29 is 14.3 Å². The highest BCUT2D eigenvalue weighted by Crippen LogP contribution is 2.28. The van der Waals surface area contributed by atoms with Gasteiger partial charge in [0.15, 0.2) is 16.8 Å². The van der Waals surface area contributed by atoms with Gasteiger partial charge in [0.1, 0.15) is 12.4 Å². The van der Waals surface area contributed by atoms with E-state index in [4.69, 9.17) is 27.9 Å². The molecule has 0 aliphatic heterocycles. The third kappa shape index (κ3) is 5.75. The lowest BCUT2D eigenvalue weighted by molar-refractivity contribution is -0.113. The number of hydrogen-bond acceptors (Lipinski definition) is 6. The normalized spacial score (nSPS) is 10.7. The second kappa shape index (κ2) is 9.97. The highest BCUT2D eigenvalue weighted by Gasteiger charge is 2.13. The third-order valence-corrected chi connectivity index (χ3v) is 5.65. The van der Waals surface area contributed by atoms with E-state index in [0.717, 1.165) is 0 Å². The fraction of sp³-hybridized carbons (Fsp3) is 0.200. The number of hydrogen-bond donors (Lipinski definition) is 1. The molecule has 156 valence electrons. The van der Waals surface area contributed by atoms with Crippen molar-refractivity contribution in [2.75, 3.05) is 11.1 Å². The number of rotatable bonds is 8. The molecule has 1 aromatic heterocycles. The number of Topliss-reactive ketones (excluding diaryl/α,β-unsaturated/α-hetero) is 1. The molecule has 10 heteroatoms. The number of carbonyl (C=O) groups excluding carboxylic acids is 2. The Balaban J connectivity index is 1.53. The van der Waals surface area contributed by atoms with E-state index in [0.29, 0.717) is 38.0 Å². The molecule has 0 saturated carbocycles. The lowest BCUT2D eigenvalue weighted by atomic mass is 10.1. The van der Waals surface area contributed by atoms with Gasteiger partial charge in [-0.3, -0.25) is 9.59 Å². The Morgan fingerprint density at radius 1 is 1.13 bits per heavy atom. The van der Waals surface area contributed by atoms with E-state index in [1.54, 1.807) is 54.1 Å². The Bertz CT molecular complexity index is 1070. The number of anilines is 1. The molecule has 0 saturated heterocycles. The summed E-state index contributed by atoms with van der Waals surface area (Å²) in [4.78, 5) is 23.5. The molecule has 0 aliphatic carbocycles. The van der Waals surface area contributed by atoms with Gasteiger partial charge in [-0.2, -0.15) is 0 Å². The van der Waals surface area contributed by atoms with Crippen LogP contribution in [0.2, 0.25) is 10.0 Å². The maximum Gasteiger partial charge on any atom is 0.234 e. The summed E-state index contributed by atoms with van der Waals surface area (Å²) < 4.78 is 7.42. The van der Waals surface area contributed by atoms with Crippen LogP contribution in [-0.2, 0) is 18.4 Å². The first-order chi connectivity index (χ1) is 14.3. The molecule has 1 N–H and O–H groups in total. The van der Waals surface area contributed by atoms with Gasteiger partial charge in [0.2, 0.25) is 5.91 Å². The van der Waals surface area contributed by atoms with E-state index in [-0.39, 0.29) is 24.1 Å². The van der Waals surface area contributed by atoms with E-state index in [2.05, 4.69) is 15.5 Å². The number of amides is 1. The summed E-state index contributed by atoms with van der Waals surface area (Å²) in [6.45, 7) is 1.65. The minimum atomic E-state index is -0.193. The molecule has 30 heavy (non-hydrogen) atoms. The lowest BCUT2D eigenvalue weighted by Gasteiger charge is -2.08. The predicted octanol–water partition coefficient (Wildman–Crippen LogP) is 4.63. The van der Waals surface area contributed by atoms with Gasteiger partial charge >= 0.3 is 0 Å². The molecule has 7 nitrogen and oxygen atoms in total. The molecule has 1 heterocycles. The fourth-order valence-corrected chi connectivity index (χ4v) is 3.51. The summed E-state index contributed by atoms with van der Waals surface area (Å²) in [7, 11) is 1.79. The van der Waals surface area contributed by atoms with Crippen LogP contribution in [0.25, 0.3) is 0 Å². The van der Waals surface area contributed by atoms with Crippen molar-refractivity contribution in [2.45, 2.75) is 18.7 Å². The number of benzene rings is 2. The van der Waals surface area contributed by atoms with Crippen LogP contribution in [0.3, 0.4) is 0 Å². The van der Waals surface area contributed by atoms with E-state index in [1.807, 2.05) is 0 Å². The van der Waals surface area contributed by atoms with E-state index < -0.39 is 0 Å². The van der Waals surface area contributed by atoms with Gasteiger partial charge in [0.25, 0.3) is 0 Å². The van der Waals surface area contributed by atoms with Crippen LogP contribution in [0.1, 0.15) is 23.1 Å². The molecule has 2 aromatic carbocycles. The average Bonchev–Trinajstić information content (AvgIpc) is 3.07. The number of nitrogens with one attached hydrogen (secondary N) is 1. The summed E-state index contributed by atoms with van der Waals surface area (Å²) in [5.74, 6) is 0.969. The molecule has 0 aliphatic rings. The Hall–Kier alpha value is -2.55. The van der Waals surface area contributed by atoms with Crippen LogP contribution in [0, 0.1) is 0 Å². The number of aromatic nitrogens is 3. The number of thioether (sulfide) groups is 1. The molecule has 0 atom stereocenters. The van der Waals surface area contributed by atoms with E-state index >= 15 is 0 Å². The number of nitrogens with zero attached hydrogens (tertiary/aromatic N) is 3. The van der Waals surface area contributed by atoms with E-state index in [1.165, 1.54) is 18.7 Å². The van der Waals surface area contributed by atoms with Crippen molar-refractivity contribution >= 4 is 52.3 Å². The van der Waals surface area contributed by atoms with Gasteiger partial charge in [0.05, 0.1) is 10.8 Å². The Morgan fingerprint density at radius 3 is 2.57 bits per heavy atom. The molecule has 0 bridgehead atoms. The molecule has 1 amide bonds. The zero-order chi connectivity index (χ0) is 21.7. The van der Waals surface area contributed by atoms with Crippen LogP contribution in [-0.4, -0.2) is 32.2 Å². The minimum Gasteiger partial charge on any atom is -0.484 e. The van der Waals surface area contributed by atoms with Gasteiger partial charge < -0.3 is 14.6 Å². The first-order valence-corrected chi connectivity index (χ1v) is 10.6. The lowest BCUT2D eigenvalue weighted by Crippen LogP contribution is -2.14. The Morgan fingerprint density at radius 2 is 1.87 bits per heavy atom. The van der Waals surface area contributed by atoms with Gasteiger partial charge in [-0.05, 0) is 43.3 Å². The first-order valence-electron chi connectivity index (χ1n) is 8.83. The Kier molecular flexibility index (Phi) is 7.36. The van der Waals surface area contributed by atoms with Crippen molar-refractivity contribution in [3.05, 3.63) is 63.9 Å². The maximum atomic E-state index is 12.2. The topological polar surface area (TPSA) is 86.1 Å². The maximum absolute atomic E-state index is 12.2. The van der Waals surface area contributed by atoms with Crippen molar-refractivity contribution in [3.8, 4) is 5.75 Å². The molecular formula is C20H18Cl2N4O3S. The largest absolute Gasteiger partial charge is 0.484 e. The molecule has 0 spiro atoms. The number of halogens is 2. The third-order valence-electron chi connectivity index (χ3n) is 4.08. The fourth-order valence-electron chi connectivity index (χ4n) is 2.44. The molecule has 0 fully saturated rings. The minimum absolute atomic E-state index is 0.0249. The molecule has 0 radical (unpaired) electrons. The highest BCUT2D eigenvalue weighted by atomic mass is 35.5. The average molecular weight is 465 g/mol. The SMILES string of the molecule is CC(=O)c1ccc(NC(=O)CSc2nnc(COc3cc(Cl)ccc3Cl)n2C)cc1. The second-order valence-electron chi connectivity index (χ2n) is 6.29. The molecule has 3 aromatic rings. The zero-order valence-electron chi connectivity index (χ0n) is 16.2. The monoisotopic (exact) mass is 464 g/mol. The Labute approximate surface area is 187 Å². The summed E-state index contributed by atoms with van der Waals surface area (Å²) in [6.07, 6.45) is 0. The van der Waals surface area contributed by atoms with Crippen LogP contribution in [0.5, 0.6) is 5.75 Å². The standard InChI is InChI=1S/C20H18Cl2N4O3S/c1-12(27)13-3-6-15(7-4-13)23-19(28)11-30-20-25-24-18(26(20)2)10-29-17-9-14(21)5-8-16(17)22/h3-9H,10-11H2,1-2H3,(H,23,28). The summed E-state index contributed by atoms with van der Waals surface area (Å²) in [5, 5.41) is 12.5. The highest BCUT2D eigenvalue weighted by molar-refractivity contribution is 7.99. The van der Waals surface area contributed by atoms with Crippen LogP contribution < -0.4 is 10.1 Å². The van der Waals surface area contributed by atoms with Crippen LogP contribution >= 0.6 is 35.0 Å². The predicted molar refractivity (Wildman–Crippen MR) is 118 cm³/mol. The summed E-state index contributed by atoms with van der Waals surface area (Å²) in [5.41, 5.74) is 1.21. The van der Waals surface area contributed by atoms with Gasteiger partial charge in [-0.1, -0.05) is 35.0 Å². The molecule has 0 unspecified atom stereocenters. The number of ether oxygens (including phenoxy) is 1. The van der Waals surface area contributed by atoms with Crippen LogP contribution in [0.4, 0.5) is 5.69 Å². The van der Waals surface area contributed by atoms with Crippen molar-refractivity contribution in [3.63, 3.8) is 0 Å². The van der Waals surface area contributed by atoms with Crippen LogP contribution in [0.15, 0.2) is 47.6 Å². The van der Waals surface area contributed by atoms with E-state index in [9.17, 15) is 9.59 Å². The number of ketones is 1. The first kappa shape index (κ1) is 22.1.